The van der Waals surface area contributed by atoms with Gasteiger partial charge >= 0.3 is 0 Å². The van der Waals surface area contributed by atoms with Crippen LogP contribution in [0.15, 0.2) is 36.4 Å². The summed E-state index contributed by atoms with van der Waals surface area (Å²) in [5.41, 5.74) is 3.99. The van der Waals surface area contributed by atoms with Crippen LogP contribution in [-0.4, -0.2) is 0 Å². The molecule has 0 saturated heterocycles. The van der Waals surface area contributed by atoms with E-state index in [9.17, 15) is 30.7 Å². The van der Waals surface area contributed by atoms with Crippen LogP contribution in [-0.2, 0) is 44.9 Å². The van der Waals surface area contributed by atoms with Crippen LogP contribution in [0, 0.1) is 46.6 Å². The fourth-order valence-electron chi connectivity index (χ4n) is 7.02. The zero-order chi connectivity index (χ0) is 37.7. The molecule has 0 nitrogen and oxygen atoms in total. The van der Waals surface area contributed by atoms with Crippen LogP contribution in [0.2, 0.25) is 0 Å². The molecule has 0 aromatic heterocycles. The quantitative estimate of drug-likeness (QED) is 0.128. The van der Waals surface area contributed by atoms with E-state index in [0.29, 0.717) is 76.8 Å². The predicted molar refractivity (Wildman–Crippen MR) is 197 cm³/mol. The predicted octanol–water partition coefficient (Wildman–Crippen LogP) is 13.9. The van der Waals surface area contributed by atoms with Crippen LogP contribution in [0.1, 0.15) is 132 Å². The summed E-state index contributed by atoms with van der Waals surface area (Å²) in [5, 5.41) is 0.211. The molecule has 0 fully saturated rings. The average Bonchev–Trinajstić information content (AvgIpc) is 3.11. The van der Waals surface area contributed by atoms with E-state index in [1.807, 2.05) is 40.7 Å². The van der Waals surface area contributed by atoms with Crippen molar-refractivity contribution in [3.63, 3.8) is 0 Å². The van der Waals surface area contributed by atoms with Gasteiger partial charge in [-0.15, -0.1) is 0 Å². The highest BCUT2D eigenvalue weighted by atomic mass is 19.2. The first kappa shape index (κ1) is 42.1. The number of benzene rings is 4. The smallest absolute Gasteiger partial charge is 0.169 e. The Morgan fingerprint density at radius 2 is 0.902 bits per heavy atom. The molecule has 0 heterocycles. The SMILES string of the molecule is CCCc1cc2c(c(F)c1F)CC(CCC)CC2.CCCc1cc2ccc(CCC)c(F)c2c(F)c1F.CCCc1ccc(CCC)c(F)c1F. The highest BCUT2D eigenvalue weighted by Crippen LogP contribution is 2.33. The molecular weight excluding hydrogens is 661 g/mol. The Labute approximate surface area is 300 Å². The summed E-state index contributed by atoms with van der Waals surface area (Å²) < 4.78 is 96.9. The lowest BCUT2D eigenvalue weighted by Gasteiger charge is -2.25. The molecule has 1 unspecified atom stereocenters. The first-order chi connectivity index (χ1) is 24.5. The van der Waals surface area contributed by atoms with Crippen LogP contribution >= 0.6 is 0 Å². The lowest BCUT2D eigenvalue weighted by Crippen LogP contribution is -2.17. The molecule has 0 saturated carbocycles. The minimum absolute atomic E-state index is 0.219. The van der Waals surface area contributed by atoms with Gasteiger partial charge in [0.15, 0.2) is 34.9 Å². The molecule has 4 aromatic rings. The van der Waals surface area contributed by atoms with Gasteiger partial charge in [0.25, 0.3) is 0 Å². The molecule has 0 aliphatic heterocycles. The summed E-state index contributed by atoms with van der Waals surface area (Å²) in [7, 11) is 0. The van der Waals surface area contributed by atoms with Crippen LogP contribution in [0.4, 0.5) is 30.7 Å². The fraction of sp³-hybridized carbons (Fsp3) is 0.500. The van der Waals surface area contributed by atoms with Crippen molar-refractivity contribution in [2.75, 3.05) is 0 Å². The lowest BCUT2D eigenvalue weighted by atomic mass is 9.80. The molecule has 0 N–H and O–H groups in total. The Bertz CT molecular complexity index is 1690. The van der Waals surface area contributed by atoms with Gasteiger partial charge in [0.1, 0.15) is 5.82 Å². The molecule has 5 rings (SSSR count). The number of hydrogen-bond acceptors (Lipinski definition) is 0. The molecule has 0 radical (unpaired) electrons. The number of halogens is 7. The summed E-state index contributed by atoms with van der Waals surface area (Å²) >= 11 is 0. The molecule has 1 atom stereocenters. The number of aryl methyl sites for hydroxylation is 6. The Balaban J connectivity index is 0.000000209. The van der Waals surface area contributed by atoms with Crippen molar-refractivity contribution < 1.29 is 30.7 Å². The fourth-order valence-corrected chi connectivity index (χ4v) is 7.02. The van der Waals surface area contributed by atoms with E-state index >= 15 is 0 Å². The van der Waals surface area contributed by atoms with E-state index in [-0.39, 0.29) is 5.39 Å². The highest BCUT2D eigenvalue weighted by Gasteiger charge is 2.25. The Kier molecular flexibility index (Phi) is 17.0. The molecule has 1 aliphatic rings. The van der Waals surface area contributed by atoms with Crippen LogP contribution in [0.5, 0.6) is 0 Å². The number of hydrogen-bond donors (Lipinski definition) is 0. The van der Waals surface area contributed by atoms with E-state index in [4.69, 9.17) is 0 Å². The third kappa shape index (κ3) is 10.6. The van der Waals surface area contributed by atoms with Gasteiger partial charge in [0.2, 0.25) is 0 Å². The van der Waals surface area contributed by atoms with Gasteiger partial charge in [0, 0.05) is 0 Å². The van der Waals surface area contributed by atoms with Gasteiger partial charge in [-0.25, -0.2) is 30.7 Å². The summed E-state index contributed by atoms with van der Waals surface area (Å²) in [4.78, 5) is 0. The largest absolute Gasteiger partial charge is 0.206 e. The van der Waals surface area contributed by atoms with Crippen molar-refractivity contribution >= 4 is 10.8 Å². The zero-order valence-corrected chi connectivity index (χ0v) is 31.3. The standard InChI is InChI=1S/C16H17F3.C16H22F2.C12H16F2/c1-3-5-10-7-8-11-9-12(6-4-2)15(18)16(19)13(11)14(10)17;1-3-5-11-7-8-12-10-13(6-4-2)15(17)16(18)14(12)9-11;1-3-5-9-7-8-10(6-4-2)12(14)11(9)13/h7-9H,3-6H2,1-2H3;10-11H,3-9H2,1-2H3;7-8H,3-6H2,1-2H3. The second-order valence-corrected chi connectivity index (χ2v) is 13.8. The summed E-state index contributed by atoms with van der Waals surface area (Å²) in [6, 6.07) is 10.2. The van der Waals surface area contributed by atoms with Gasteiger partial charge in [-0.05, 0) is 108 Å². The minimum atomic E-state index is -1.06. The van der Waals surface area contributed by atoms with Gasteiger partial charge in [0.05, 0.1) is 5.39 Å². The topological polar surface area (TPSA) is 0 Å². The van der Waals surface area contributed by atoms with Crippen molar-refractivity contribution in [1.29, 1.82) is 0 Å². The molecule has 1 aliphatic carbocycles. The molecular formula is C44H55F7. The van der Waals surface area contributed by atoms with Gasteiger partial charge in [-0.1, -0.05) is 117 Å². The lowest BCUT2D eigenvalue weighted by molar-refractivity contribution is 0.400. The monoisotopic (exact) mass is 716 g/mol. The van der Waals surface area contributed by atoms with Crippen molar-refractivity contribution in [3.8, 4) is 0 Å². The third-order valence-electron chi connectivity index (χ3n) is 9.60. The van der Waals surface area contributed by atoms with Crippen LogP contribution in [0.3, 0.4) is 0 Å². The second-order valence-electron chi connectivity index (χ2n) is 13.8. The molecule has 280 valence electrons. The van der Waals surface area contributed by atoms with Gasteiger partial charge in [-0.3, -0.25) is 0 Å². The van der Waals surface area contributed by atoms with Crippen molar-refractivity contribution in [1.82, 2.24) is 0 Å². The molecule has 0 amide bonds. The van der Waals surface area contributed by atoms with Gasteiger partial charge < -0.3 is 0 Å². The average molecular weight is 717 g/mol. The Hall–Kier alpha value is -3.35. The third-order valence-corrected chi connectivity index (χ3v) is 9.60. The van der Waals surface area contributed by atoms with Crippen LogP contribution < -0.4 is 0 Å². The van der Waals surface area contributed by atoms with E-state index in [2.05, 4.69) is 6.92 Å². The second kappa shape index (κ2) is 20.6. The first-order valence-corrected chi connectivity index (χ1v) is 19.0. The van der Waals surface area contributed by atoms with E-state index in [1.54, 1.807) is 30.3 Å². The maximum atomic E-state index is 14.2. The van der Waals surface area contributed by atoms with Crippen molar-refractivity contribution in [3.05, 3.63) is 116 Å². The zero-order valence-electron chi connectivity index (χ0n) is 31.3. The van der Waals surface area contributed by atoms with Crippen molar-refractivity contribution in [2.24, 2.45) is 5.92 Å². The van der Waals surface area contributed by atoms with E-state index in [1.165, 1.54) is 0 Å². The summed E-state index contributed by atoms with van der Waals surface area (Å²) in [5.74, 6) is -4.55. The normalized spacial score (nSPS) is 13.7. The van der Waals surface area contributed by atoms with E-state index in [0.717, 1.165) is 69.8 Å². The van der Waals surface area contributed by atoms with Crippen LogP contribution in [0.25, 0.3) is 10.8 Å². The van der Waals surface area contributed by atoms with E-state index < -0.39 is 40.7 Å². The summed E-state index contributed by atoms with van der Waals surface area (Å²) in [6.07, 6.45) is 11.8. The molecule has 0 bridgehead atoms. The highest BCUT2D eigenvalue weighted by molar-refractivity contribution is 5.85. The first-order valence-electron chi connectivity index (χ1n) is 19.0. The number of fused-ring (bicyclic) bond motifs is 2. The Morgan fingerprint density at radius 3 is 1.41 bits per heavy atom. The maximum Gasteiger partial charge on any atom is 0.169 e. The molecule has 7 heteroatoms. The molecule has 4 aromatic carbocycles. The summed E-state index contributed by atoms with van der Waals surface area (Å²) in [6.45, 7) is 11.9. The van der Waals surface area contributed by atoms with Gasteiger partial charge in [-0.2, -0.15) is 0 Å². The number of rotatable bonds is 12. The van der Waals surface area contributed by atoms with Crippen molar-refractivity contribution in [2.45, 2.75) is 138 Å². The molecule has 51 heavy (non-hydrogen) atoms. The minimum Gasteiger partial charge on any atom is -0.206 e. The maximum absolute atomic E-state index is 14.2. The molecule has 0 spiro atoms. The Morgan fingerprint density at radius 1 is 0.471 bits per heavy atom.